The Balaban J connectivity index is 1.21. The molecule has 3 aromatic carbocycles. The summed E-state index contributed by atoms with van der Waals surface area (Å²) in [5.74, 6) is -0.474. The van der Waals surface area contributed by atoms with Gasteiger partial charge < -0.3 is 15.4 Å². The second kappa shape index (κ2) is 13.5. The number of hydrogen-bond donors (Lipinski definition) is 2. The third-order valence-electron chi connectivity index (χ3n) is 9.08. The first-order chi connectivity index (χ1) is 22.0. The summed E-state index contributed by atoms with van der Waals surface area (Å²) in [5.41, 5.74) is 3.95. The van der Waals surface area contributed by atoms with E-state index in [1.807, 2.05) is 48.5 Å². The van der Waals surface area contributed by atoms with Crippen LogP contribution in [0.2, 0.25) is 0 Å². The lowest BCUT2D eigenvalue weighted by atomic mass is 9.85. The van der Waals surface area contributed by atoms with E-state index >= 15 is 0 Å². The average Bonchev–Trinajstić information content (AvgIpc) is 3.71. The van der Waals surface area contributed by atoms with Gasteiger partial charge in [0.2, 0.25) is 5.91 Å². The fourth-order valence-corrected chi connectivity index (χ4v) is 6.74. The summed E-state index contributed by atoms with van der Waals surface area (Å²) < 4.78 is 6.98. The average molecular weight is 605 g/mol. The van der Waals surface area contributed by atoms with E-state index in [4.69, 9.17) is 9.84 Å². The topological polar surface area (TPSA) is 102 Å². The maximum atomic E-state index is 13.7. The molecule has 1 heterocycles. The van der Waals surface area contributed by atoms with Gasteiger partial charge in [0.15, 0.2) is 0 Å². The van der Waals surface area contributed by atoms with Gasteiger partial charge in [-0.05, 0) is 80.6 Å². The number of esters is 1. The lowest BCUT2D eigenvalue weighted by Gasteiger charge is -2.29. The van der Waals surface area contributed by atoms with Gasteiger partial charge in [-0.15, -0.1) is 0 Å². The molecule has 0 spiro atoms. The van der Waals surface area contributed by atoms with E-state index in [-0.39, 0.29) is 11.8 Å². The molecule has 4 aromatic rings. The van der Waals surface area contributed by atoms with Gasteiger partial charge in [0, 0.05) is 28.6 Å². The molecule has 0 radical (unpaired) electrons. The van der Waals surface area contributed by atoms with E-state index in [1.54, 1.807) is 25.1 Å². The smallest absolute Gasteiger partial charge is 0.330 e. The first-order valence-electron chi connectivity index (χ1n) is 16.1. The molecule has 2 N–H and O–H groups in total. The van der Waals surface area contributed by atoms with Crippen molar-refractivity contribution in [2.24, 2.45) is 0 Å². The highest BCUT2D eigenvalue weighted by Crippen LogP contribution is 2.38. The van der Waals surface area contributed by atoms with Crippen LogP contribution in [-0.4, -0.2) is 39.7 Å². The van der Waals surface area contributed by atoms with Crippen molar-refractivity contribution < 1.29 is 19.1 Å². The highest BCUT2D eigenvalue weighted by atomic mass is 16.5. The van der Waals surface area contributed by atoms with E-state index < -0.39 is 11.5 Å². The predicted molar refractivity (Wildman–Crippen MR) is 176 cm³/mol. The van der Waals surface area contributed by atoms with E-state index in [2.05, 4.69) is 27.4 Å². The van der Waals surface area contributed by atoms with Gasteiger partial charge in [0.25, 0.3) is 5.91 Å². The first-order valence-corrected chi connectivity index (χ1v) is 16.1. The van der Waals surface area contributed by atoms with Gasteiger partial charge in [-0.25, -0.2) is 9.48 Å². The SMILES string of the molecule is CCOC(=O)C=Cc1ccc(NC(=O)C2(NC(=O)c3ccc4c(C5CCCCC5)n(-c5ccccc5)nc4c3)CCCC2)cc1. The van der Waals surface area contributed by atoms with Crippen LogP contribution in [0.4, 0.5) is 5.69 Å². The molecule has 2 saturated carbocycles. The highest BCUT2D eigenvalue weighted by molar-refractivity contribution is 6.05. The van der Waals surface area contributed by atoms with Crippen molar-refractivity contribution in [2.75, 3.05) is 11.9 Å². The molecule has 0 saturated heterocycles. The third-order valence-corrected chi connectivity index (χ3v) is 9.08. The molecule has 2 amide bonds. The first kappa shape index (κ1) is 30.3. The van der Waals surface area contributed by atoms with Crippen molar-refractivity contribution in [1.82, 2.24) is 15.1 Å². The number of para-hydroxylation sites is 1. The zero-order valence-corrected chi connectivity index (χ0v) is 25.8. The number of carbonyl (C=O) groups excluding carboxylic acids is 3. The molecule has 8 heteroatoms. The van der Waals surface area contributed by atoms with Gasteiger partial charge >= 0.3 is 5.97 Å². The zero-order valence-electron chi connectivity index (χ0n) is 25.8. The maximum absolute atomic E-state index is 13.7. The second-order valence-corrected chi connectivity index (χ2v) is 12.1. The molecule has 0 bridgehead atoms. The van der Waals surface area contributed by atoms with Crippen LogP contribution < -0.4 is 10.6 Å². The van der Waals surface area contributed by atoms with Crippen LogP contribution in [0.1, 0.15) is 92.2 Å². The largest absolute Gasteiger partial charge is 0.463 e. The molecule has 0 atom stereocenters. The lowest BCUT2D eigenvalue weighted by Crippen LogP contribution is -2.55. The molecule has 2 aliphatic rings. The van der Waals surface area contributed by atoms with Crippen molar-refractivity contribution in [3.05, 3.63) is 95.7 Å². The molecule has 8 nitrogen and oxygen atoms in total. The summed E-state index contributed by atoms with van der Waals surface area (Å²) in [5, 5.41) is 12.2. The quantitative estimate of drug-likeness (QED) is 0.154. The van der Waals surface area contributed by atoms with E-state index in [0.717, 1.165) is 47.8 Å². The number of carbonyl (C=O) groups is 3. The summed E-state index contributed by atoms with van der Waals surface area (Å²) in [6.45, 7) is 2.08. The number of ether oxygens (including phenoxy) is 1. The number of nitrogens with zero attached hydrogens (tertiary/aromatic N) is 2. The van der Waals surface area contributed by atoms with Crippen molar-refractivity contribution in [2.45, 2.75) is 76.2 Å². The minimum Gasteiger partial charge on any atom is -0.463 e. The van der Waals surface area contributed by atoms with Crippen LogP contribution in [0.3, 0.4) is 0 Å². The minimum atomic E-state index is -0.995. The molecule has 0 unspecified atom stereocenters. The van der Waals surface area contributed by atoms with Gasteiger partial charge in [-0.2, -0.15) is 5.10 Å². The number of aromatic nitrogens is 2. The zero-order chi connectivity index (χ0) is 31.2. The van der Waals surface area contributed by atoms with Crippen LogP contribution in [0, 0.1) is 0 Å². The molecule has 2 fully saturated rings. The van der Waals surface area contributed by atoms with Crippen LogP contribution in [0.25, 0.3) is 22.7 Å². The number of fused-ring (bicyclic) bond motifs is 1. The molecule has 6 rings (SSSR count). The normalized spacial score (nSPS) is 16.6. The third kappa shape index (κ3) is 6.70. The Hall–Kier alpha value is -4.72. The minimum absolute atomic E-state index is 0.225. The van der Waals surface area contributed by atoms with E-state index in [1.165, 1.54) is 31.0 Å². The van der Waals surface area contributed by atoms with Crippen LogP contribution in [0.5, 0.6) is 0 Å². The lowest BCUT2D eigenvalue weighted by molar-refractivity contribution is -0.137. The summed E-state index contributed by atoms with van der Waals surface area (Å²) >= 11 is 0. The standard InChI is InChI=1S/C37H40N4O4/c1-2-45-33(42)22-17-26-15-19-29(20-16-26)38-36(44)37(23-9-10-24-37)39-35(43)28-18-21-31-32(25-28)40-41(30-13-7-4-8-14-30)34(31)27-11-5-3-6-12-27/h4,7-8,13-22,25,27H,2-3,5-6,9-12,23-24H2,1H3,(H,38,44)(H,39,43). The van der Waals surface area contributed by atoms with Gasteiger partial charge in [0.05, 0.1) is 23.5 Å². The number of nitrogens with one attached hydrogen (secondary N) is 2. The Bertz CT molecular complexity index is 1700. The van der Waals surface area contributed by atoms with Crippen molar-refractivity contribution in [3.8, 4) is 5.69 Å². The molecule has 1 aromatic heterocycles. The predicted octanol–water partition coefficient (Wildman–Crippen LogP) is 7.33. The van der Waals surface area contributed by atoms with Crippen molar-refractivity contribution >= 4 is 40.4 Å². The summed E-state index contributed by atoms with van der Waals surface area (Å²) in [6, 6.07) is 23.2. The maximum Gasteiger partial charge on any atom is 0.330 e. The van der Waals surface area contributed by atoms with Gasteiger partial charge in [-0.1, -0.05) is 68.5 Å². The number of rotatable bonds is 9. The Morgan fingerprint density at radius 3 is 2.38 bits per heavy atom. The highest BCUT2D eigenvalue weighted by Gasteiger charge is 2.42. The second-order valence-electron chi connectivity index (χ2n) is 12.1. The number of anilines is 1. The molecule has 232 valence electrons. The summed E-state index contributed by atoms with van der Waals surface area (Å²) in [6.07, 6.45) is 11.9. The Morgan fingerprint density at radius 2 is 1.67 bits per heavy atom. The Morgan fingerprint density at radius 1 is 0.933 bits per heavy atom. The monoisotopic (exact) mass is 604 g/mol. The molecule has 2 aliphatic carbocycles. The Kier molecular flexibility index (Phi) is 9.10. The van der Waals surface area contributed by atoms with Crippen LogP contribution in [-0.2, 0) is 14.3 Å². The molecule has 45 heavy (non-hydrogen) atoms. The molecular formula is C37H40N4O4. The van der Waals surface area contributed by atoms with E-state index in [9.17, 15) is 14.4 Å². The van der Waals surface area contributed by atoms with Crippen LogP contribution >= 0.6 is 0 Å². The van der Waals surface area contributed by atoms with Gasteiger partial charge in [0.1, 0.15) is 5.54 Å². The van der Waals surface area contributed by atoms with Crippen molar-refractivity contribution in [3.63, 3.8) is 0 Å². The van der Waals surface area contributed by atoms with Crippen LogP contribution in [0.15, 0.2) is 78.9 Å². The molecular weight excluding hydrogens is 564 g/mol. The number of hydrogen-bond acceptors (Lipinski definition) is 5. The molecule has 0 aliphatic heterocycles. The fourth-order valence-electron chi connectivity index (χ4n) is 6.74. The summed E-state index contributed by atoms with van der Waals surface area (Å²) in [7, 11) is 0. The summed E-state index contributed by atoms with van der Waals surface area (Å²) in [4.78, 5) is 39.0. The van der Waals surface area contributed by atoms with Crippen molar-refractivity contribution in [1.29, 1.82) is 0 Å². The fraction of sp³-hybridized carbons (Fsp3) is 0.351. The Labute approximate surface area is 263 Å². The van der Waals surface area contributed by atoms with E-state index in [0.29, 0.717) is 36.6 Å². The number of amides is 2. The van der Waals surface area contributed by atoms with Gasteiger partial charge in [-0.3, -0.25) is 9.59 Å². The number of benzene rings is 3.